The number of aryl methyl sites for hydroxylation is 1. The van der Waals surface area contributed by atoms with E-state index in [0.29, 0.717) is 12.1 Å². The minimum absolute atomic E-state index is 0.141. The van der Waals surface area contributed by atoms with Crippen LogP contribution in [-0.4, -0.2) is 14.8 Å². The molecule has 0 bridgehead atoms. The topological polar surface area (TPSA) is 42.7 Å². The molecule has 0 saturated carbocycles. The van der Waals surface area contributed by atoms with E-state index in [1.807, 2.05) is 29.9 Å². The number of anilines is 1. The Bertz CT molecular complexity index is 750. The molecule has 0 unspecified atom stereocenters. The standard InChI is InChI=1S/C14H14F2N4S/c1-2-20-8-9(7-18-20)6-17-10-4-3-5-11-12(10)21-14(19-11)13(15)16/h3-5,7-8,13,17H,2,6H2,1H3. The van der Waals surface area contributed by atoms with E-state index in [9.17, 15) is 8.78 Å². The Morgan fingerprint density at radius 3 is 2.95 bits per heavy atom. The first kappa shape index (κ1) is 13.9. The van der Waals surface area contributed by atoms with E-state index in [0.717, 1.165) is 33.8 Å². The fourth-order valence-corrected chi connectivity index (χ4v) is 2.98. The second-order valence-corrected chi connectivity index (χ2v) is 5.60. The Morgan fingerprint density at radius 1 is 1.38 bits per heavy atom. The van der Waals surface area contributed by atoms with Gasteiger partial charge in [-0.3, -0.25) is 4.68 Å². The number of hydrogen-bond acceptors (Lipinski definition) is 4. The van der Waals surface area contributed by atoms with E-state index in [1.54, 1.807) is 12.3 Å². The van der Waals surface area contributed by atoms with E-state index in [2.05, 4.69) is 15.4 Å². The Balaban J connectivity index is 1.83. The molecule has 110 valence electrons. The molecular weight excluding hydrogens is 294 g/mol. The molecule has 2 heterocycles. The monoisotopic (exact) mass is 308 g/mol. The third kappa shape index (κ3) is 2.87. The number of halogens is 2. The lowest BCUT2D eigenvalue weighted by molar-refractivity contribution is 0.151. The summed E-state index contributed by atoms with van der Waals surface area (Å²) in [6.07, 6.45) is 1.23. The molecule has 0 amide bonds. The summed E-state index contributed by atoms with van der Waals surface area (Å²) < 4.78 is 28.1. The van der Waals surface area contributed by atoms with Crippen LogP contribution in [0.2, 0.25) is 0 Å². The predicted molar refractivity (Wildman–Crippen MR) is 79.8 cm³/mol. The lowest BCUT2D eigenvalue weighted by Crippen LogP contribution is -1.98. The van der Waals surface area contributed by atoms with E-state index in [1.165, 1.54) is 0 Å². The van der Waals surface area contributed by atoms with Gasteiger partial charge >= 0.3 is 0 Å². The number of rotatable bonds is 5. The Labute approximate surface area is 124 Å². The van der Waals surface area contributed by atoms with Crippen molar-refractivity contribution in [3.63, 3.8) is 0 Å². The van der Waals surface area contributed by atoms with Crippen LogP contribution in [0.5, 0.6) is 0 Å². The van der Waals surface area contributed by atoms with Crippen molar-refractivity contribution in [3.05, 3.63) is 41.2 Å². The highest BCUT2D eigenvalue weighted by molar-refractivity contribution is 7.19. The van der Waals surface area contributed by atoms with Crippen LogP contribution in [0.15, 0.2) is 30.6 Å². The summed E-state index contributed by atoms with van der Waals surface area (Å²) in [7, 11) is 0. The molecule has 7 heteroatoms. The van der Waals surface area contributed by atoms with Crippen LogP contribution in [0, 0.1) is 0 Å². The lowest BCUT2D eigenvalue weighted by atomic mass is 10.2. The molecule has 1 N–H and O–H groups in total. The molecular formula is C14H14F2N4S. The molecule has 2 aromatic heterocycles. The molecule has 4 nitrogen and oxygen atoms in total. The summed E-state index contributed by atoms with van der Waals surface area (Å²) in [5.41, 5.74) is 2.47. The Kier molecular flexibility index (Phi) is 3.83. The molecule has 3 rings (SSSR count). The number of fused-ring (bicyclic) bond motifs is 1. The molecule has 0 radical (unpaired) electrons. The second kappa shape index (κ2) is 5.77. The van der Waals surface area contributed by atoms with Gasteiger partial charge in [-0.25, -0.2) is 13.8 Å². The maximum Gasteiger partial charge on any atom is 0.289 e. The normalized spacial score (nSPS) is 11.4. The zero-order chi connectivity index (χ0) is 14.8. The average Bonchev–Trinajstić information content (AvgIpc) is 3.11. The largest absolute Gasteiger partial charge is 0.380 e. The third-order valence-electron chi connectivity index (χ3n) is 3.11. The van der Waals surface area contributed by atoms with Gasteiger partial charge in [-0.05, 0) is 19.1 Å². The molecule has 0 fully saturated rings. The van der Waals surface area contributed by atoms with Crippen molar-refractivity contribution in [1.82, 2.24) is 14.8 Å². The van der Waals surface area contributed by atoms with Crippen molar-refractivity contribution < 1.29 is 8.78 Å². The smallest absolute Gasteiger partial charge is 0.289 e. The minimum atomic E-state index is -2.53. The molecule has 0 spiro atoms. The highest BCUT2D eigenvalue weighted by Crippen LogP contribution is 2.33. The maximum atomic E-state index is 12.7. The number of alkyl halides is 2. The number of thiazole rings is 1. The van der Waals surface area contributed by atoms with Crippen LogP contribution < -0.4 is 5.32 Å². The summed E-state index contributed by atoms with van der Waals surface area (Å²) in [5, 5.41) is 7.33. The zero-order valence-electron chi connectivity index (χ0n) is 11.4. The van der Waals surface area contributed by atoms with Crippen LogP contribution in [0.1, 0.15) is 23.9 Å². The Morgan fingerprint density at radius 2 is 2.24 bits per heavy atom. The molecule has 3 aromatic rings. The van der Waals surface area contributed by atoms with E-state index in [4.69, 9.17) is 0 Å². The van der Waals surface area contributed by atoms with Gasteiger partial charge in [0.1, 0.15) is 0 Å². The van der Waals surface area contributed by atoms with Crippen LogP contribution in [0.4, 0.5) is 14.5 Å². The summed E-state index contributed by atoms with van der Waals surface area (Å²) in [6, 6.07) is 5.44. The highest BCUT2D eigenvalue weighted by atomic mass is 32.1. The van der Waals surface area contributed by atoms with Crippen molar-refractivity contribution in [2.75, 3.05) is 5.32 Å². The SMILES string of the molecule is CCn1cc(CNc2cccc3nc(C(F)F)sc23)cn1. The lowest BCUT2D eigenvalue weighted by Gasteiger charge is -2.05. The Hall–Kier alpha value is -2.02. The number of nitrogens with zero attached hydrogens (tertiary/aromatic N) is 3. The van der Waals surface area contributed by atoms with Crippen LogP contribution >= 0.6 is 11.3 Å². The quantitative estimate of drug-likeness (QED) is 0.773. The van der Waals surface area contributed by atoms with Gasteiger partial charge in [-0.15, -0.1) is 11.3 Å². The molecule has 0 atom stereocenters. The first-order chi connectivity index (χ1) is 10.2. The molecule has 1 aromatic carbocycles. The van der Waals surface area contributed by atoms with Gasteiger partial charge in [0, 0.05) is 24.8 Å². The average molecular weight is 308 g/mol. The van der Waals surface area contributed by atoms with Gasteiger partial charge in [0.15, 0.2) is 5.01 Å². The van der Waals surface area contributed by atoms with Crippen molar-refractivity contribution >= 4 is 27.2 Å². The van der Waals surface area contributed by atoms with Crippen molar-refractivity contribution in [1.29, 1.82) is 0 Å². The molecule has 0 aliphatic carbocycles. The van der Waals surface area contributed by atoms with Crippen molar-refractivity contribution in [2.45, 2.75) is 26.4 Å². The van der Waals surface area contributed by atoms with Crippen molar-refractivity contribution in [3.8, 4) is 0 Å². The van der Waals surface area contributed by atoms with Gasteiger partial charge in [0.25, 0.3) is 6.43 Å². The fraction of sp³-hybridized carbons (Fsp3) is 0.286. The first-order valence-corrected chi connectivity index (χ1v) is 7.42. The van der Waals surface area contributed by atoms with Gasteiger partial charge in [0.05, 0.1) is 22.1 Å². The third-order valence-corrected chi connectivity index (χ3v) is 4.22. The summed E-state index contributed by atoms with van der Waals surface area (Å²) in [4.78, 5) is 3.96. The summed E-state index contributed by atoms with van der Waals surface area (Å²) in [5.74, 6) is 0. The number of benzene rings is 1. The highest BCUT2D eigenvalue weighted by Gasteiger charge is 2.15. The number of aromatic nitrogens is 3. The predicted octanol–water partition coefficient (Wildman–Crippen LogP) is 4.06. The molecule has 0 saturated heterocycles. The van der Waals surface area contributed by atoms with E-state index < -0.39 is 6.43 Å². The molecule has 0 aliphatic rings. The number of hydrogen-bond donors (Lipinski definition) is 1. The zero-order valence-corrected chi connectivity index (χ0v) is 12.2. The summed E-state index contributed by atoms with van der Waals surface area (Å²) in [6.45, 7) is 3.44. The maximum absolute atomic E-state index is 12.7. The van der Waals surface area contributed by atoms with Gasteiger partial charge < -0.3 is 5.32 Å². The minimum Gasteiger partial charge on any atom is -0.380 e. The van der Waals surface area contributed by atoms with E-state index in [-0.39, 0.29) is 5.01 Å². The van der Waals surface area contributed by atoms with Gasteiger partial charge in [0.2, 0.25) is 0 Å². The van der Waals surface area contributed by atoms with E-state index >= 15 is 0 Å². The van der Waals surface area contributed by atoms with Crippen LogP contribution in [-0.2, 0) is 13.1 Å². The fourth-order valence-electron chi connectivity index (χ4n) is 2.07. The van der Waals surface area contributed by atoms with Crippen molar-refractivity contribution in [2.24, 2.45) is 0 Å². The summed E-state index contributed by atoms with van der Waals surface area (Å²) >= 11 is 1.03. The van der Waals surface area contributed by atoms with Gasteiger partial charge in [-0.2, -0.15) is 5.10 Å². The van der Waals surface area contributed by atoms with Crippen LogP contribution in [0.25, 0.3) is 10.2 Å². The first-order valence-electron chi connectivity index (χ1n) is 6.60. The van der Waals surface area contributed by atoms with Gasteiger partial charge in [-0.1, -0.05) is 6.07 Å². The molecule has 0 aliphatic heterocycles. The molecule has 21 heavy (non-hydrogen) atoms. The second-order valence-electron chi connectivity index (χ2n) is 4.56. The number of nitrogens with one attached hydrogen (secondary N) is 1. The van der Waals surface area contributed by atoms with Crippen LogP contribution in [0.3, 0.4) is 0 Å².